The molecular weight excluding hydrogens is 338 g/mol. The Kier molecular flexibility index (Phi) is 4.70. The number of hydrogen-bond donors (Lipinski definition) is 1. The summed E-state index contributed by atoms with van der Waals surface area (Å²) in [6, 6.07) is 18.2. The molecular formula is C22H25N3O2. The van der Waals surface area contributed by atoms with Gasteiger partial charge in [0.1, 0.15) is 5.82 Å². The molecule has 2 aromatic carbocycles. The van der Waals surface area contributed by atoms with Gasteiger partial charge in [0.25, 0.3) is 0 Å². The van der Waals surface area contributed by atoms with Gasteiger partial charge in [-0.25, -0.2) is 4.98 Å². The van der Waals surface area contributed by atoms with Gasteiger partial charge in [0.15, 0.2) is 0 Å². The van der Waals surface area contributed by atoms with Crippen LogP contribution in [0.3, 0.4) is 0 Å². The number of para-hydroxylation sites is 3. The highest BCUT2D eigenvalue weighted by molar-refractivity contribution is 5.79. The van der Waals surface area contributed by atoms with Gasteiger partial charge in [-0.1, -0.05) is 30.3 Å². The van der Waals surface area contributed by atoms with Gasteiger partial charge < -0.3 is 10.0 Å². The fourth-order valence-corrected chi connectivity index (χ4v) is 3.65. The standard InChI is InChI=1S/C22H25N3O2/c1-24(15-22(16-26)13-14-22)21(27)12-11-20-23-18-9-5-6-10-19(18)25(20)17-7-3-2-4-8-17/h2-10,26H,11-16H2,1H3. The molecule has 1 fully saturated rings. The number of aromatic nitrogens is 2. The largest absolute Gasteiger partial charge is 0.396 e. The van der Waals surface area contributed by atoms with Crippen molar-refractivity contribution in [3.8, 4) is 5.69 Å². The molecule has 0 saturated heterocycles. The maximum atomic E-state index is 12.6. The van der Waals surface area contributed by atoms with E-state index < -0.39 is 0 Å². The van der Waals surface area contributed by atoms with Gasteiger partial charge in [-0.3, -0.25) is 9.36 Å². The first kappa shape index (κ1) is 17.7. The van der Waals surface area contributed by atoms with Crippen LogP contribution in [0.1, 0.15) is 25.1 Å². The predicted molar refractivity (Wildman–Crippen MR) is 106 cm³/mol. The Hall–Kier alpha value is -2.66. The van der Waals surface area contributed by atoms with Crippen LogP contribution in [0.5, 0.6) is 0 Å². The molecule has 1 aliphatic carbocycles. The zero-order chi connectivity index (χ0) is 18.9. The lowest BCUT2D eigenvalue weighted by atomic mass is 10.1. The van der Waals surface area contributed by atoms with Crippen molar-refractivity contribution in [3.05, 3.63) is 60.4 Å². The van der Waals surface area contributed by atoms with Crippen molar-refractivity contribution in [1.29, 1.82) is 0 Å². The van der Waals surface area contributed by atoms with Gasteiger partial charge in [0.2, 0.25) is 5.91 Å². The third-order valence-corrected chi connectivity index (χ3v) is 5.50. The van der Waals surface area contributed by atoms with Gasteiger partial charge in [-0.05, 0) is 37.1 Å². The number of carbonyl (C=O) groups excluding carboxylic acids is 1. The lowest BCUT2D eigenvalue weighted by Gasteiger charge is -2.22. The van der Waals surface area contributed by atoms with Gasteiger partial charge in [-0.15, -0.1) is 0 Å². The number of nitrogens with zero attached hydrogens (tertiary/aromatic N) is 3. The highest BCUT2D eigenvalue weighted by Gasteiger charge is 2.43. The normalized spacial score (nSPS) is 15.0. The van der Waals surface area contributed by atoms with Crippen LogP contribution in [-0.2, 0) is 11.2 Å². The molecule has 0 aliphatic heterocycles. The average Bonchev–Trinajstić information content (AvgIpc) is 3.37. The molecule has 1 aromatic heterocycles. The molecule has 140 valence electrons. The van der Waals surface area contributed by atoms with Crippen LogP contribution in [0.15, 0.2) is 54.6 Å². The monoisotopic (exact) mass is 363 g/mol. The fraction of sp³-hybridized carbons (Fsp3) is 0.364. The zero-order valence-corrected chi connectivity index (χ0v) is 15.6. The molecule has 0 bridgehead atoms. The van der Waals surface area contributed by atoms with E-state index in [1.807, 2.05) is 43.4 Å². The van der Waals surface area contributed by atoms with E-state index in [9.17, 15) is 9.90 Å². The van der Waals surface area contributed by atoms with Gasteiger partial charge in [0.05, 0.1) is 17.6 Å². The zero-order valence-electron chi connectivity index (χ0n) is 15.6. The summed E-state index contributed by atoms with van der Waals surface area (Å²) in [5.41, 5.74) is 2.99. The first-order valence-corrected chi connectivity index (χ1v) is 9.48. The summed E-state index contributed by atoms with van der Waals surface area (Å²) in [5, 5.41) is 9.49. The molecule has 0 radical (unpaired) electrons. The van der Waals surface area contributed by atoms with Crippen molar-refractivity contribution in [3.63, 3.8) is 0 Å². The molecule has 0 unspecified atom stereocenters. The second kappa shape index (κ2) is 7.16. The summed E-state index contributed by atoms with van der Waals surface area (Å²) >= 11 is 0. The minimum atomic E-state index is -0.0540. The van der Waals surface area contributed by atoms with E-state index in [1.54, 1.807) is 4.90 Å². The Morgan fingerprint density at radius 3 is 2.56 bits per heavy atom. The van der Waals surface area contributed by atoms with Crippen LogP contribution in [0.25, 0.3) is 16.7 Å². The second-order valence-corrected chi connectivity index (χ2v) is 7.60. The molecule has 1 heterocycles. The maximum Gasteiger partial charge on any atom is 0.222 e. The van der Waals surface area contributed by atoms with Crippen molar-refractivity contribution in [2.24, 2.45) is 5.41 Å². The van der Waals surface area contributed by atoms with E-state index in [0.29, 0.717) is 19.4 Å². The summed E-state index contributed by atoms with van der Waals surface area (Å²) in [7, 11) is 1.83. The van der Waals surface area contributed by atoms with E-state index in [0.717, 1.165) is 35.4 Å². The molecule has 3 aromatic rings. The van der Waals surface area contributed by atoms with E-state index in [1.165, 1.54) is 0 Å². The molecule has 1 saturated carbocycles. The minimum Gasteiger partial charge on any atom is -0.396 e. The van der Waals surface area contributed by atoms with E-state index in [2.05, 4.69) is 22.8 Å². The highest BCUT2D eigenvalue weighted by Crippen LogP contribution is 2.45. The summed E-state index contributed by atoms with van der Waals surface area (Å²) in [5.74, 6) is 0.994. The molecule has 0 atom stereocenters. The SMILES string of the molecule is CN(CC1(CO)CC1)C(=O)CCc1nc2ccccc2n1-c1ccccc1. The lowest BCUT2D eigenvalue weighted by Crippen LogP contribution is -2.34. The lowest BCUT2D eigenvalue weighted by molar-refractivity contribution is -0.130. The van der Waals surface area contributed by atoms with Crippen molar-refractivity contribution < 1.29 is 9.90 Å². The number of aliphatic hydroxyl groups excluding tert-OH is 1. The third kappa shape index (κ3) is 3.60. The summed E-state index contributed by atoms with van der Waals surface area (Å²) in [6.45, 7) is 0.797. The Labute approximate surface area is 159 Å². The molecule has 4 rings (SSSR count). The molecule has 5 nitrogen and oxygen atoms in total. The quantitative estimate of drug-likeness (QED) is 0.701. The number of benzene rings is 2. The Morgan fingerprint density at radius 1 is 1.15 bits per heavy atom. The summed E-state index contributed by atoms with van der Waals surface area (Å²) < 4.78 is 2.14. The number of amides is 1. The van der Waals surface area contributed by atoms with Crippen LogP contribution in [0, 0.1) is 5.41 Å². The van der Waals surface area contributed by atoms with Gasteiger partial charge in [-0.2, -0.15) is 0 Å². The maximum absolute atomic E-state index is 12.6. The Morgan fingerprint density at radius 2 is 1.85 bits per heavy atom. The number of fused-ring (bicyclic) bond motifs is 1. The van der Waals surface area contributed by atoms with Crippen LogP contribution >= 0.6 is 0 Å². The van der Waals surface area contributed by atoms with Crippen molar-refractivity contribution in [2.75, 3.05) is 20.2 Å². The highest BCUT2D eigenvalue weighted by atomic mass is 16.3. The predicted octanol–water partition coefficient (Wildman–Crippen LogP) is 3.19. The Bertz CT molecular complexity index is 945. The van der Waals surface area contributed by atoms with Gasteiger partial charge in [0, 0.05) is 37.5 Å². The molecule has 1 N–H and O–H groups in total. The molecule has 1 amide bonds. The van der Waals surface area contributed by atoms with Crippen LogP contribution in [0.2, 0.25) is 0 Å². The summed E-state index contributed by atoms with van der Waals surface area (Å²) in [4.78, 5) is 19.1. The number of aryl methyl sites for hydroxylation is 1. The first-order chi connectivity index (χ1) is 13.1. The molecule has 27 heavy (non-hydrogen) atoms. The number of aliphatic hydroxyl groups is 1. The average molecular weight is 363 g/mol. The third-order valence-electron chi connectivity index (χ3n) is 5.50. The molecule has 1 aliphatic rings. The van der Waals surface area contributed by atoms with Crippen molar-refractivity contribution in [2.45, 2.75) is 25.7 Å². The van der Waals surface area contributed by atoms with E-state index in [-0.39, 0.29) is 17.9 Å². The second-order valence-electron chi connectivity index (χ2n) is 7.60. The number of hydrogen-bond acceptors (Lipinski definition) is 3. The van der Waals surface area contributed by atoms with E-state index in [4.69, 9.17) is 4.98 Å². The molecule has 5 heteroatoms. The number of carbonyl (C=O) groups is 1. The fourth-order valence-electron chi connectivity index (χ4n) is 3.65. The number of rotatable bonds is 7. The topological polar surface area (TPSA) is 58.4 Å². The van der Waals surface area contributed by atoms with Crippen LogP contribution in [-0.4, -0.2) is 45.7 Å². The summed E-state index contributed by atoms with van der Waals surface area (Å²) in [6.07, 6.45) is 3.00. The number of imidazole rings is 1. The first-order valence-electron chi connectivity index (χ1n) is 9.48. The van der Waals surface area contributed by atoms with Gasteiger partial charge >= 0.3 is 0 Å². The van der Waals surface area contributed by atoms with Crippen molar-refractivity contribution in [1.82, 2.24) is 14.5 Å². The molecule has 0 spiro atoms. The smallest absolute Gasteiger partial charge is 0.222 e. The van der Waals surface area contributed by atoms with Crippen molar-refractivity contribution >= 4 is 16.9 Å². The Balaban J connectivity index is 1.54. The minimum absolute atomic E-state index is 0.0540. The van der Waals surface area contributed by atoms with Crippen LogP contribution in [0.4, 0.5) is 0 Å². The van der Waals surface area contributed by atoms with E-state index >= 15 is 0 Å². The van der Waals surface area contributed by atoms with Crippen LogP contribution < -0.4 is 0 Å².